The maximum atomic E-state index is 13.7. The summed E-state index contributed by atoms with van der Waals surface area (Å²) in [4.78, 5) is 13.7. The van der Waals surface area contributed by atoms with Crippen LogP contribution in [0.1, 0.15) is 41.3 Å². The maximum absolute atomic E-state index is 13.7. The number of amides is 1. The van der Waals surface area contributed by atoms with Gasteiger partial charge in [-0.15, -0.1) is 10.8 Å². The fraction of sp³-hybridized carbons (Fsp3) is 0.406. The zero-order chi connectivity index (χ0) is 30.8. The number of benzene rings is 3. The van der Waals surface area contributed by atoms with Crippen molar-refractivity contribution in [2.45, 2.75) is 44.9 Å². The molecule has 1 aliphatic heterocycles. The molecule has 0 saturated carbocycles. The smallest absolute Gasteiger partial charge is 0.251 e. The first kappa shape index (κ1) is 32.4. The van der Waals surface area contributed by atoms with E-state index in [2.05, 4.69) is 16.0 Å². The van der Waals surface area contributed by atoms with Crippen LogP contribution in [-0.4, -0.2) is 71.9 Å². The standard InChI is InChI=1S/C32H44N4O6S/c1-4-34-26-17-25(18-27(19-26)36-12-8-9-13-43(36,39)40)32(38)35-30(16-23-10-6-5-7-11-23)31(37)22-33-21-24-14-28(41-2)20-29(15-24)42-3/h5-7,10-11,14-15,17-20,30-31,33-34,37,39-40H,4,8-9,12-13,16,21-22H2,1-3H3,(H,35,38)/t30-,31+/m0/s1. The Hall–Kier alpha value is -3.48. The van der Waals surface area contributed by atoms with Gasteiger partial charge in [-0.2, -0.15) is 0 Å². The predicted molar refractivity (Wildman–Crippen MR) is 174 cm³/mol. The molecule has 234 valence electrons. The molecule has 0 bridgehead atoms. The van der Waals surface area contributed by atoms with E-state index in [4.69, 9.17) is 9.47 Å². The summed E-state index contributed by atoms with van der Waals surface area (Å²) < 4.78 is 33.8. The highest BCUT2D eigenvalue weighted by molar-refractivity contribution is 8.25. The fourth-order valence-electron chi connectivity index (χ4n) is 5.18. The molecule has 0 spiro atoms. The van der Waals surface area contributed by atoms with Gasteiger partial charge in [0.25, 0.3) is 5.91 Å². The van der Waals surface area contributed by atoms with Crippen molar-refractivity contribution in [3.05, 3.63) is 83.4 Å². The molecular formula is C32H44N4O6S. The second-order valence-electron chi connectivity index (χ2n) is 10.6. The van der Waals surface area contributed by atoms with Gasteiger partial charge in [-0.3, -0.25) is 18.2 Å². The zero-order valence-electron chi connectivity index (χ0n) is 25.1. The number of ether oxygens (including phenoxy) is 2. The summed E-state index contributed by atoms with van der Waals surface area (Å²) in [7, 11) is 0.237. The first-order valence-electron chi connectivity index (χ1n) is 14.6. The third-order valence-electron chi connectivity index (χ3n) is 7.40. The Morgan fingerprint density at radius 1 is 0.977 bits per heavy atom. The lowest BCUT2D eigenvalue weighted by atomic mass is 10.00. The Kier molecular flexibility index (Phi) is 11.5. The van der Waals surface area contributed by atoms with E-state index in [1.807, 2.05) is 55.5 Å². The Labute approximate surface area is 255 Å². The summed E-state index contributed by atoms with van der Waals surface area (Å²) in [6.45, 7) is 3.80. The van der Waals surface area contributed by atoms with E-state index in [1.165, 1.54) is 0 Å². The highest BCUT2D eigenvalue weighted by atomic mass is 32.3. The van der Waals surface area contributed by atoms with Crippen molar-refractivity contribution >= 4 is 28.1 Å². The number of anilines is 2. The third-order valence-corrected chi connectivity index (χ3v) is 9.34. The number of hydrogen-bond acceptors (Lipinski definition) is 9. The van der Waals surface area contributed by atoms with Crippen molar-refractivity contribution in [3.8, 4) is 11.5 Å². The van der Waals surface area contributed by atoms with E-state index >= 15 is 0 Å². The lowest BCUT2D eigenvalue weighted by molar-refractivity contribution is 0.0830. The van der Waals surface area contributed by atoms with Gasteiger partial charge in [0.1, 0.15) is 11.5 Å². The van der Waals surface area contributed by atoms with Crippen molar-refractivity contribution < 1.29 is 28.5 Å². The molecule has 11 heteroatoms. The Bertz CT molecular complexity index is 1320. The summed E-state index contributed by atoms with van der Waals surface area (Å²) in [6, 6.07) is 20.0. The Morgan fingerprint density at radius 3 is 2.35 bits per heavy atom. The van der Waals surface area contributed by atoms with Crippen LogP contribution in [0.25, 0.3) is 0 Å². The molecule has 1 saturated heterocycles. The van der Waals surface area contributed by atoms with Crippen LogP contribution >= 0.6 is 10.8 Å². The van der Waals surface area contributed by atoms with Crippen LogP contribution in [0.4, 0.5) is 11.4 Å². The van der Waals surface area contributed by atoms with E-state index in [9.17, 15) is 19.0 Å². The number of nitrogens with one attached hydrogen (secondary N) is 3. The molecule has 0 aliphatic carbocycles. The summed E-state index contributed by atoms with van der Waals surface area (Å²) in [6.07, 6.45) is 1.11. The van der Waals surface area contributed by atoms with E-state index in [0.29, 0.717) is 60.2 Å². The minimum atomic E-state index is -2.96. The van der Waals surface area contributed by atoms with E-state index in [1.54, 1.807) is 36.7 Å². The average Bonchev–Trinajstić information content (AvgIpc) is 3.00. The highest BCUT2D eigenvalue weighted by Gasteiger charge is 2.28. The van der Waals surface area contributed by atoms with Crippen LogP contribution < -0.4 is 29.7 Å². The average molecular weight is 613 g/mol. The van der Waals surface area contributed by atoms with E-state index < -0.39 is 22.9 Å². The first-order chi connectivity index (χ1) is 20.7. The summed E-state index contributed by atoms with van der Waals surface area (Å²) in [5.41, 5.74) is 3.58. The minimum absolute atomic E-state index is 0.231. The number of methoxy groups -OCH3 is 2. The molecule has 3 aromatic rings. The topological polar surface area (TPSA) is 136 Å². The largest absolute Gasteiger partial charge is 0.497 e. The highest BCUT2D eigenvalue weighted by Crippen LogP contribution is 2.50. The molecule has 1 amide bonds. The van der Waals surface area contributed by atoms with Crippen LogP contribution in [0, 0.1) is 0 Å². The van der Waals surface area contributed by atoms with Gasteiger partial charge < -0.3 is 30.5 Å². The number of rotatable bonds is 14. The summed E-state index contributed by atoms with van der Waals surface area (Å²) in [5, 5.41) is 20.9. The summed E-state index contributed by atoms with van der Waals surface area (Å²) in [5.74, 6) is 1.31. The molecule has 0 unspecified atom stereocenters. The Balaban J connectivity index is 1.52. The van der Waals surface area contributed by atoms with Crippen LogP contribution in [0.3, 0.4) is 0 Å². The minimum Gasteiger partial charge on any atom is -0.497 e. The number of carbonyl (C=O) groups is 1. The van der Waals surface area contributed by atoms with Gasteiger partial charge in [0.15, 0.2) is 0 Å². The number of aliphatic hydroxyl groups excluding tert-OH is 1. The van der Waals surface area contributed by atoms with Crippen LogP contribution in [0.15, 0.2) is 66.7 Å². The lowest BCUT2D eigenvalue weighted by Crippen LogP contribution is -2.48. The predicted octanol–water partition coefficient (Wildman–Crippen LogP) is 4.89. The first-order valence-corrected chi connectivity index (χ1v) is 16.3. The molecule has 2 atom stereocenters. The molecule has 10 nitrogen and oxygen atoms in total. The lowest BCUT2D eigenvalue weighted by Gasteiger charge is -2.47. The summed E-state index contributed by atoms with van der Waals surface area (Å²) >= 11 is 0. The molecule has 0 aromatic heterocycles. The van der Waals surface area contributed by atoms with Crippen molar-refractivity contribution in [1.82, 2.24) is 10.6 Å². The molecule has 0 radical (unpaired) electrons. The fourth-order valence-corrected chi connectivity index (χ4v) is 6.85. The van der Waals surface area contributed by atoms with Crippen LogP contribution in [-0.2, 0) is 13.0 Å². The molecular weight excluding hydrogens is 568 g/mol. The van der Waals surface area contributed by atoms with Gasteiger partial charge >= 0.3 is 0 Å². The van der Waals surface area contributed by atoms with Crippen molar-refractivity contribution in [2.24, 2.45) is 0 Å². The number of aliphatic hydroxyl groups is 1. The molecule has 1 fully saturated rings. The molecule has 4 rings (SSSR count). The Morgan fingerprint density at radius 2 is 1.70 bits per heavy atom. The number of hydrogen-bond donors (Lipinski definition) is 6. The van der Waals surface area contributed by atoms with Crippen LogP contribution in [0.5, 0.6) is 11.5 Å². The number of nitrogens with zero attached hydrogens (tertiary/aromatic N) is 1. The maximum Gasteiger partial charge on any atom is 0.251 e. The van der Waals surface area contributed by atoms with Gasteiger partial charge in [-0.05, 0) is 67.6 Å². The third kappa shape index (κ3) is 9.01. The molecule has 1 aliphatic rings. The van der Waals surface area contributed by atoms with Gasteiger partial charge in [-0.25, -0.2) is 0 Å². The van der Waals surface area contributed by atoms with Gasteiger partial charge in [0.2, 0.25) is 0 Å². The van der Waals surface area contributed by atoms with Gasteiger partial charge in [0.05, 0.1) is 37.8 Å². The van der Waals surface area contributed by atoms with Crippen molar-refractivity contribution in [3.63, 3.8) is 0 Å². The zero-order valence-corrected chi connectivity index (χ0v) is 25.9. The van der Waals surface area contributed by atoms with Crippen LogP contribution in [0.2, 0.25) is 0 Å². The molecule has 43 heavy (non-hydrogen) atoms. The molecule has 1 heterocycles. The number of carbonyl (C=O) groups excluding carboxylic acids is 1. The second-order valence-corrected chi connectivity index (χ2v) is 12.7. The van der Waals surface area contributed by atoms with Gasteiger partial charge in [0, 0.05) is 43.5 Å². The molecule has 3 aromatic carbocycles. The second kappa shape index (κ2) is 15.3. The quantitative estimate of drug-likeness (QED) is 0.150. The SMILES string of the molecule is CCNc1cc(C(=O)N[C@@H](Cc2ccccc2)[C@H](O)CNCc2cc(OC)cc(OC)c2)cc(N2CCCCS2(O)O)c1. The van der Waals surface area contributed by atoms with E-state index in [-0.39, 0.29) is 12.5 Å². The van der Waals surface area contributed by atoms with Crippen molar-refractivity contribution in [1.29, 1.82) is 0 Å². The van der Waals surface area contributed by atoms with E-state index in [0.717, 1.165) is 24.0 Å². The molecule has 6 N–H and O–H groups in total. The van der Waals surface area contributed by atoms with Gasteiger partial charge in [-0.1, -0.05) is 30.3 Å². The normalized spacial score (nSPS) is 16.6. The monoisotopic (exact) mass is 612 g/mol. The van der Waals surface area contributed by atoms with Crippen molar-refractivity contribution in [2.75, 3.05) is 49.2 Å².